The van der Waals surface area contributed by atoms with Gasteiger partial charge in [-0.3, -0.25) is 0 Å². The van der Waals surface area contributed by atoms with Crippen LogP contribution >= 0.6 is 0 Å². The summed E-state index contributed by atoms with van der Waals surface area (Å²) < 4.78 is 6.40. The summed E-state index contributed by atoms with van der Waals surface area (Å²) in [7, 11) is 0. The molecule has 2 nitrogen and oxygen atoms in total. The molecular formula is C16H31NO. The number of morpholine rings is 1. The lowest BCUT2D eigenvalue weighted by Crippen LogP contribution is -2.55. The molecule has 1 atom stereocenters. The van der Waals surface area contributed by atoms with E-state index in [4.69, 9.17) is 4.74 Å². The minimum Gasteiger partial charge on any atom is -0.369 e. The molecule has 2 aliphatic rings. The van der Waals surface area contributed by atoms with E-state index in [0.29, 0.717) is 11.5 Å². The van der Waals surface area contributed by atoms with Crippen molar-refractivity contribution in [3.8, 4) is 0 Å². The van der Waals surface area contributed by atoms with Crippen molar-refractivity contribution in [3.05, 3.63) is 0 Å². The van der Waals surface area contributed by atoms with E-state index in [1.165, 1.54) is 32.1 Å². The van der Waals surface area contributed by atoms with Crippen molar-refractivity contribution in [1.82, 2.24) is 5.32 Å². The highest BCUT2D eigenvalue weighted by atomic mass is 16.5. The normalized spacial score (nSPS) is 38.0. The first-order valence-corrected chi connectivity index (χ1v) is 7.90. The first-order valence-electron chi connectivity index (χ1n) is 7.90. The number of nitrogens with one attached hydrogen (secondary N) is 1. The molecule has 106 valence electrons. The predicted octanol–water partition coefficient (Wildman–Crippen LogP) is 3.75. The molecule has 0 aromatic rings. The Morgan fingerprint density at radius 3 is 2.44 bits per heavy atom. The molecule has 2 heteroatoms. The third kappa shape index (κ3) is 2.91. The predicted molar refractivity (Wildman–Crippen MR) is 76.8 cm³/mol. The standard InChI is InChI=1S/C16H31NO/c1-5-14-11-17-12-16(18-14)9-7-13(8-10-16)15(3,4)6-2/h13-14,17H,5-12H2,1-4H3. The quantitative estimate of drug-likeness (QED) is 0.827. The second-order valence-electron chi connectivity index (χ2n) is 7.08. The Bertz CT molecular complexity index is 266. The molecule has 2 fully saturated rings. The smallest absolute Gasteiger partial charge is 0.0810 e. The van der Waals surface area contributed by atoms with Gasteiger partial charge in [-0.1, -0.05) is 34.1 Å². The maximum atomic E-state index is 6.40. The van der Waals surface area contributed by atoms with Gasteiger partial charge < -0.3 is 10.1 Å². The molecular weight excluding hydrogens is 222 g/mol. The molecule has 1 heterocycles. The van der Waals surface area contributed by atoms with Crippen molar-refractivity contribution in [1.29, 1.82) is 0 Å². The molecule has 1 N–H and O–H groups in total. The molecule has 1 spiro atoms. The molecule has 1 aliphatic carbocycles. The lowest BCUT2D eigenvalue weighted by molar-refractivity contribution is -0.144. The van der Waals surface area contributed by atoms with E-state index in [-0.39, 0.29) is 5.60 Å². The molecule has 2 rings (SSSR count). The number of hydrogen-bond donors (Lipinski definition) is 1. The summed E-state index contributed by atoms with van der Waals surface area (Å²) >= 11 is 0. The Labute approximate surface area is 113 Å². The topological polar surface area (TPSA) is 21.3 Å². The van der Waals surface area contributed by atoms with Crippen molar-refractivity contribution in [2.45, 2.75) is 77.9 Å². The summed E-state index contributed by atoms with van der Waals surface area (Å²) in [5, 5.41) is 3.59. The number of hydrogen-bond acceptors (Lipinski definition) is 2. The van der Waals surface area contributed by atoms with Crippen molar-refractivity contribution in [2.24, 2.45) is 11.3 Å². The average Bonchev–Trinajstić information content (AvgIpc) is 2.39. The molecule has 1 saturated carbocycles. The third-order valence-corrected chi connectivity index (χ3v) is 5.60. The largest absolute Gasteiger partial charge is 0.369 e. The van der Waals surface area contributed by atoms with E-state index < -0.39 is 0 Å². The van der Waals surface area contributed by atoms with Crippen LogP contribution in [0, 0.1) is 11.3 Å². The minimum atomic E-state index is 0.166. The second-order valence-corrected chi connectivity index (χ2v) is 7.08. The zero-order valence-corrected chi connectivity index (χ0v) is 12.7. The maximum Gasteiger partial charge on any atom is 0.0810 e. The first-order chi connectivity index (χ1) is 8.51. The third-order valence-electron chi connectivity index (χ3n) is 5.60. The van der Waals surface area contributed by atoms with E-state index in [9.17, 15) is 0 Å². The van der Waals surface area contributed by atoms with E-state index in [2.05, 4.69) is 33.0 Å². The molecule has 1 unspecified atom stereocenters. The van der Waals surface area contributed by atoms with Gasteiger partial charge in [0.15, 0.2) is 0 Å². The Morgan fingerprint density at radius 2 is 1.89 bits per heavy atom. The fraction of sp³-hybridized carbons (Fsp3) is 1.00. The van der Waals surface area contributed by atoms with Crippen molar-refractivity contribution in [3.63, 3.8) is 0 Å². The summed E-state index contributed by atoms with van der Waals surface area (Å²) in [6, 6.07) is 0. The van der Waals surface area contributed by atoms with Crippen LogP contribution in [0.1, 0.15) is 66.2 Å². The first kappa shape index (κ1) is 14.3. The lowest BCUT2D eigenvalue weighted by atomic mass is 9.66. The van der Waals surface area contributed by atoms with Crippen LogP contribution in [0.2, 0.25) is 0 Å². The zero-order valence-electron chi connectivity index (χ0n) is 12.7. The molecule has 0 amide bonds. The van der Waals surface area contributed by atoms with E-state index >= 15 is 0 Å². The monoisotopic (exact) mass is 253 g/mol. The molecule has 1 aliphatic heterocycles. The van der Waals surface area contributed by atoms with Gasteiger partial charge in [-0.05, 0) is 43.4 Å². The summed E-state index contributed by atoms with van der Waals surface area (Å²) in [5.74, 6) is 0.888. The highest BCUT2D eigenvalue weighted by Crippen LogP contribution is 2.45. The molecule has 1 saturated heterocycles. The van der Waals surface area contributed by atoms with Gasteiger partial charge in [-0.25, -0.2) is 0 Å². The Hall–Kier alpha value is -0.0800. The van der Waals surface area contributed by atoms with Gasteiger partial charge in [-0.2, -0.15) is 0 Å². The van der Waals surface area contributed by atoms with Crippen LogP contribution in [0.25, 0.3) is 0 Å². The van der Waals surface area contributed by atoms with Gasteiger partial charge in [0.05, 0.1) is 11.7 Å². The van der Waals surface area contributed by atoms with Crippen molar-refractivity contribution < 1.29 is 4.74 Å². The molecule has 0 radical (unpaired) electrons. The van der Waals surface area contributed by atoms with E-state index in [1.807, 2.05) is 0 Å². The molecule has 0 aromatic carbocycles. The van der Waals surface area contributed by atoms with Crippen molar-refractivity contribution in [2.75, 3.05) is 13.1 Å². The van der Waals surface area contributed by atoms with Crippen LogP contribution in [0.3, 0.4) is 0 Å². The van der Waals surface area contributed by atoms with Crippen LogP contribution in [0.5, 0.6) is 0 Å². The number of rotatable bonds is 3. The Kier molecular flexibility index (Phi) is 4.38. The van der Waals surface area contributed by atoms with Crippen LogP contribution in [-0.4, -0.2) is 24.8 Å². The van der Waals surface area contributed by atoms with Crippen LogP contribution in [-0.2, 0) is 4.74 Å². The maximum absolute atomic E-state index is 6.40. The summed E-state index contributed by atoms with van der Waals surface area (Å²) in [5.41, 5.74) is 0.674. The van der Waals surface area contributed by atoms with Gasteiger partial charge in [0.1, 0.15) is 0 Å². The van der Waals surface area contributed by atoms with Gasteiger partial charge in [0, 0.05) is 13.1 Å². The summed E-state index contributed by atoms with van der Waals surface area (Å²) in [4.78, 5) is 0. The fourth-order valence-electron chi connectivity index (χ4n) is 3.63. The fourth-order valence-corrected chi connectivity index (χ4v) is 3.63. The van der Waals surface area contributed by atoms with Crippen LogP contribution in [0.4, 0.5) is 0 Å². The van der Waals surface area contributed by atoms with Gasteiger partial charge in [0.25, 0.3) is 0 Å². The van der Waals surface area contributed by atoms with E-state index in [0.717, 1.165) is 25.4 Å². The van der Waals surface area contributed by atoms with Gasteiger partial charge >= 0.3 is 0 Å². The molecule has 0 bridgehead atoms. The van der Waals surface area contributed by atoms with Crippen LogP contribution < -0.4 is 5.32 Å². The Balaban J connectivity index is 1.93. The highest BCUT2D eigenvalue weighted by molar-refractivity contribution is 4.95. The van der Waals surface area contributed by atoms with Crippen LogP contribution in [0.15, 0.2) is 0 Å². The van der Waals surface area contributed by atoms with Crippen molar-refractivity contribution >= 4 is 0 Å². The summed E-state index contributed by atoms with van der Waals surface area (Å²) in [6.07, 6.45) is 8.07. The van der Waals surface area contributed by atoms with E-state index in [1.54, 1.807) is 0 Å². The molecule has 0 aromatic heterocycles. The van der Waals surface area contributed by atoms with Gasteiger partial charge in [0.2, 0.25) is 0 Å². The highest BCUT2D eigenvalue weighted by Gasteiger charge is 2.42. The zero-order chi connectivity index (χ0) is 13.2. The Morgan fingerprint density at radius 1 is 1.22 bits per heavy atom. The van der Waals surface area contributed by atoms with Gasteiger partial charge in [-0.15, -0.1) is 0 Å². The minimum absolute atomic E-state index is 0.166. The summed E-state index contributed by atoms with van der Waals surface area (Å²) in [6.45, 7) is 11.5. The lowest BCUT2D eigenvalue weighted by Gasteiger charge is -2.48. The SMILES string of the molecule is CCC1CNCC2(CCC(C(C)(C)CC)CC2)O1. The average molecular weight is 253 g/mol. The number of ether oxygens (including phenoxy) is 1. The molecule has 18 heavy (non-hydrogen) atoms. The second kappa shape index (κ2) is 5.50.